The first-order valence-corrected chi connectivity index (χ1v) is 8.39. The van der Waals surface area contributed by atoms with Gasteiger partial charge in [-0.2, -0.15) is 4.31 Å². The predicted octanol–water partition coefficient (Wildman–Crippen LogP) is 2.14. The minimum atomic E-state index is -3.14. The van der Waals surface area contributed by atoms with Crippen molar-refractivity contribution >= 4 is 10.0 Å². The van der Waals surface area contributed by atoms with Crippen molar-refractivity contribution in [1.82, 2.24) is 4.31 Å². The zero-order valence-electron chi connectivity index (χ0n) is 11.7. The van der Waals surface area contributed by atoms with E-state index in [0.29, 0.717) is 25.6 Å². The van der Waals surface area contributed by atoms with E-state index in [4.69, 9.17) is 4.74 Å². The molecule has 5 heteroatoms. The highest BCUT2D eigenvalue weighted by Gasteiger charge is 2.27. The highest BCUT2D eigenvalue weighted by Crippen LogP contribution is 2.25. The number of nitrogens with zero attached hydrogens (tertiary/aromatic N) is 1. The second-order valence-corrected chi connectivity index (χ2v) is 7.28. The Morgan fingerprint density at radius 1 is 1.26 bits per heavy atom. The molecule has 1 fully saturated rings. The zero-order valence-corrected chi connectivity index (χ0v) is 12.5. The lowest BCUT2D eigenvalue weighted by Crippen LogP contribution is -2.41. The first kappa shape index (κ1) is 14.5. The summed E-state index contributed by atoms with van der Waals surface area (Å²) >= 11 is 0. The lowest BCUT2D eigenvalue weighted by molar-refractivity contribution is -0.00235. The van der Waals surface area contributed by atoms with Crippen molar-refractivity contribution in [3.05, 3.63) is 35.4 Å². The normalized spacial score (nSPS) is 21.8. The van der Waals surface area contributed by atoms with Crippen molar-refractivity contribution in [2.75, 3.05) is 26.0 Å². The molecular weight excluding hydrogens is 262 g/mol. The monoisotopic (exact) mass is 283 g/mol. The number of morpholine rings is 1. The van der Waals surface area contributed by atoms with E-state index >= 15 is 0 Å². The van der Waals surface area contributed by atoms with Crippen LogP contribution in [0.15, 0.2) is 24.3 Å². The average Bonchev–Trinajstić information content (AvgIpc) is 2.38. The van der Waals surface area contributed by atoms with E-state index in [1.54, 1.807) is 0 Å². The summed E-state index contributed by atoms with van der Waals surface area (Å²) in [5, 5.41) is 0. The Kier molecular flexibility index (Phi) is 4.28. The van der Waals surface area contributed by atoms with Crippen LogP contribution in [-0.4, -0.2) is 38.7 Å². The number of rotatable bonds is 3. The molecule has 0 radical (unpaired) electrons. The molecule has 1 heterocycles. The lowest BCUT2D eigenvalue weighted by Gasteiger charge is -2.31. The van der Waals surface area contributed by atoms with Gasteiger partial charge in [-0.25, -0.2) is 8.42 Å². The number of benzene rings is 1. The molecule has 0 saturated carbocycles. The molecule has 0 aromatic heterocycles. The van der Waals surface area contributed by atoms with Crippen LogP contribution in [0.4, 0.5) is 0 Å². The number of sulfonamides is 1. The Balaban J connectivity index is 2.13. The smallest absolute Gasteiger partial charge is 0.211 e. The van der Waals surface area contributed by atoms with E-state index in [0.717, 1.165) is 5.56 Å². The second-order valence-electron chi connectivity index (χ2n) is 5.30. The van der Waals surface area contributed by atoms with Crippen LogP contribution < -0.4 is 0 Å². The van der Waals surface area contributed by atoms with E-state index in [9.17, 15) is 8.42 Å². The number of hydrogen-bond acceptors (Lipinski definition) is 3. The van der Waals surface area contributed by atoms with Gasteiger partial charge in [0.05, 0.1) is 19.0 Å². The molecule has 1 aliphatic heterocycles. The minimum absolute atomic E-state index is 0.162. The van der Waals surface area contributed by atoms with Crippen LogP contribution in [0.3, 0.4) is 0 Å². The van der Waals surface area contributed by atoms with Crippen molar-refractivity contribution in [2.24, 2.45) is 0 Å². The molecule has 1 atom stereocenters. The second kappa shape index (κ2) is 5.61. The zero-order chi connectivity index (χ0) is 14.0. The maximum absolute atomic E-state index is 11.6. The van der Waals surface area contributed by atoms with Crippen molar-refractivity contribution in [1.29, 1.82) is 0 Å². The summed E-state index contributed by atoms with van der Waals surface area (Å²) in [6.07, 6.45) is 1.08. The maximum atomic E-state index is 11.6. The summed E-state index contributed by atoms with van der Waals surface area (Å²) in [5.74, 6) is 0.494. The van der Waals surface area contributed by atoms with Gasteiger partial charge in [-0.05, 0) is 17.0 Å². The van der Waals surface area contributed by atoms with Gasteiger partial charge < -0.3 is 4.74 Å². The van der Waals surface area contributed by atoms with E-state index in [2.05, 4.69) is 26.0 Å². The summed E-state index contributed by atoms with van der Waals surface area (Å²) in [6, 6.07) is 8.24. The summed E-state index contributed by atoms with van der Waals surface area (Å²) in [7, 11) is -3.14. The van der Waals surface area contributed by atoms with Crippen LogP contribution in [0, 0.1) is 0 Å². The van der Waals surface area contributed by atoms with E-state index in [1.807, 2.05) is 12.1 Å². The Labute approximate surface area is 115 Å². The topological polar surface area (TPSA) is 46.6 Å². The predicted molar refractivity (Wildman–Crippen MR) is 75.6 cm³/mol. The van der Waals surface area contributed by atoms with E-state index in [1.165, 1.54) is 16.1 Å². The van der Waals surface area contributed by atoms with Gasteiger partial charge in [-0.1, -0.05) is 38.1 Å². The molecule has 1 unspecified atom stereocenters. The minimum Gasteiger partial charge on any atom is -0.371 e. The third-order valence-corrected chi connectivity index (χ3v) is 4.74. The molecule has 0 bridgehead atoms. The Morgan fingerprint density at radius 2 is 1.89 bits per heavy atom. The van der Waals surface area contributed by atoms with Crippen LogP contribution in [-0.2, 0) is 14.8 Å². The van der Waals surface area contributed by atoms with Crippen molar-refractivity contribution in [3.8, 4) is 0 Å². The van der Waals surface area contributed by atoms with Gasteiger partial charge in [0.1, 0.15) is 0 Å². The van der Waals surface area contributed by atoms with E-state index in [-0.39, 0.29) is 6.10 Å². The van der Waals surface area contributed by atoms with E-state index < -0.39 is 10.0 Å². The lowest BCUT2D eigenvalue weighted by atomic mass is 10.00. The summed E-state index contributed by atoms with van der Waals surface area (Å²) < 4.78 is 30.3. The molecular formula is C14H21NO3S. The SMILES string of the molecule is CC(C)c1ccc(C2CN(S(C)(=O)=O)CCO2)cc1. The maximum Gasteiger partial charge on any atom is 0.211 e. The molecule has 1 aromatic carbocycles. The van der Waals surface area contributed by atoms with Gasteiger partial charge in [0.25, 0.3) is 0 Å². The molecule has 1 aliphatic rings. The van der Waals surface area contributed by atoms with Gasteiger partial charge >= 0.3 is 0 Å². The van der Waals surface area contributed by atoms with Gasteiger partial charge in [0.2, 0.25) is 10.0 Å². The summed E-state index contributed by atoms with van der Waals surface area (Å²) in [6.45, 7) is 5.60. The van der Waals surface area contributed by atoms with Crippen LogP contribution in [0.25, 0.3) is 0 Å². The fourth-order valence-electron chi connectivity index (χ4n) is 2.22. The molecule has 0 N–H and O–H groups in total. The van der Waals surface area contributed by atoms with Crippen LogP contribution in [0.5, 0.6) is 0 Å². The van der Waals surface area contributed by atoms with Gasteiger partial charge in [0, 0.05) is 13.1 Å². The molecule has 0 amide bonds. The fourth-order valence-corrected chi connectivity index (χ4v) is 3.04. The molecule has 106 valence electrons. The summed E-state index contributed by atoms with van der Waals surface area (Å²) in [4.78, 5) is 0. The van der Waals surface area contributed by atoms with Gasteiger partial charge in [-0.15, -0.1) is 0 Å². The summed E-state index contributed by atoms with van der Waals surface area (Å²) in [5.41, 5.74) is 2.32. The molecule has 0 spiro atoms. The third-order valence-electron chi connectivity index (χ3n) is 3.47. The highest BCUT2D eigenvalue weighted by atomic mass is 32.2. The van der Waals surface area contributed by atoms with Crippen molar-refractivity contribution < 1.29 is 13.2 Å². The molecule has 4 nitrogen and oxygen atoms in total. The molecule has 1 aromatic rings. The molecule has 0 aliphatic carbocycles. The van der Waals surface area contributed by atoms with Crippen LogP contribution in [0.1, 0.15) is 37.0 Å². The van der Waals surface area contributed by atoms with Crippen LogP contribution >= 0.6 is 0 Å². The standard InChI is InChI=1S/C14H21NO3S/c1-11(2)12-4-6-13(7-5-12)14-10-15(8-9-18-14)19(3,16)17/h4-7,11,14H,8-10H2,1-3H3. The largest absolute Gasteiger partial charge is 0.371 e. The van der Waals surface area contributed by atoms with Crippen molar-refractivity contribution in [2.45, 2.75) is 25.9 Å². The first-order valence-electron chi connectivity index (χ1n) is 6.54. The van der Waals surface area contributed by atoms with Crippen molar-refractivity contribution in [3.63, 3.8) is 0 Å². The quantitative estimate of drug-likeness (QED) is 0.854. The molecule has 2 rings (SSSR count). The average molecular weight is 283 g/mol. The van der Waals surface area contributed by atoms with Gasteiger partial charge in [0.15, 0.2) is 0 Å². The Hall–Kier alpha value is -0.910. The molecule has 1 saturated heterocycles. The number of ether oxygens (including phenoxy) is 1. The molecule has 19 heavy (non-hydrogen) atoms. The number of hydrogen-bond donors (Lipinski definition) is 0. The first-order chi connectivity index (χ1) is 8.88. The highest BCUT2D eigenvalue weighted by molar-refractivity contribution is 7.88. The fraction of sp³-hybridized carbons (Fsp3) is 0.571. The van der Waals surface area contributed by atoms with Crippen LogP contribution in [0.2, 0.25) is 0 Å². The third kappa shape index (κ3) is 3.55. The Bertz CT molecular complexity index is 522. The Morgan fingerprint density at radius 3 is 2.42 bits per heavy atom. The van der Waals surface area contributed by atoms with Gasteiger partial charge in [-0.3, -0.25) is 0 Å².